The smallest absolute Gasteiger partial charge is 0.420 e. The Hall–Kier alpha value is -2.77. The topological polar surface area (TPSA) is 115 Å². The average Bonchev–Trinajstić information content (AvgIpc) is 2.48. The van der Waals surface area contributed by atoms with Crippen LogP contribution in [0.25, 0.3) is 0 Å². The summed E-state index contributed by atoms with van der Waals surface area (Å²) < 4.78 is 16.0. The third-order valence-corrected chi connectivity index (χ3v) is 3.15. The highest BCUT2D eigenvalue weighted by Crippen LogP contribution is 2.24. The second kappa shape index (κ2) is 8.28. The number of ether oxygens (including phenoxy) is 3. The highest BCUT2D eigenvalue weighted by atomic mass is 16.6. The Morgan fingerprint density at radius 2 is 1.52 bits per heavy atom. The van der Waals surface area contributed by atoms with Crippen LogP contribution in [0, 0.1) is 5.41 Å². The highest BCUT2D eigenvalue weighted by Gasteiger charge is 2.32. The van der Waals surface area contributed by atoms with Crippen molar-refractivity contribution in [1.29, 1.82) is 5.41 Å². The van der Waals surface area contributed by atoms with E-state index in [9.17, 15) is 9.59 Å². The maximum Gasteiger partial charge on any atom is 0.420 e. The lowest BCUT2D eigenvalue weighted by atomic mass is 10.1. The molecule has 27 heavy (non-hydrogen) atoms. The summed E-state index contributed by atoms with van der Waals surface area (Å²) in [5.74, 6) is 0.274. The number of carbonyl (C=O) groups is 2. The van der Waals surface area contributed by atoms with Crippen molar-refractivity contribution >= 4 is 18.0 Å². The van der Waals surface area contributed by atoms with E-state index >= 15 is 0 Å². The number of amidine groups is 1. The summed E-state index contributed by atoms with van der Waals surface area (Å²) in [6.45, 7) is 10.1. The fourth-order valence-electron chi connectivity index (χ4n) is 2.05. The lowest BCUT2D eigenvalue weighted by molar-refractivity contribution is -0.000330. The molecule has 0 bridgehead atoms. The van der Waals surface area contributed by atoms with E-state index in [0.717, 1.165) is 4.90 Å². The molecule has 0 heterocycles. The number of hydrogen-bond acceptors (Lipinski definition) is 6. The van der Waals surface area contributed by atoms with Crippen molar-refractivity contribution < 1.29 is 23.8 Å². The number of nitrogens with one attached hydrogen (secondary N) is 1. The Morgan fingerprint density at radius 1 is 1.04 bits per heavy atom. The quantitative estimate of drug-likeness (QED) is 0.609. The molecule has 0 spiro atoms. The summed E-state index contributed by atoms with van der Waals surface area (Å²) in [7, 11) is 1.45. The van der Waals surface area contributed by atoms with E-state index < -0.39 is 23.4 Å². The minimum absolute atomic E-state index is 0.115. The minimum Gasteiger partial charge on any atom is -0.496 e. The second-order valence-corrected chi connectivity index (χ2v) is 7.99. The number of imide groups is 1. The van der Waals surface area contributed by atoms with Crippen LogP contribution >= 0.6 is 0 Å². The molecule has 0 atom stereocenters. The Labute approximate surface area is 160 Å². The molecular formula is C19H29N3O5. The second-order valence-electron chi connectivity index (χ2n) is 7.99. The number of nitrogen functional groups attached to an aromatic ring is 1. The van der Waals surface area contributed by atoms with Crippen molar-refractivity contribution in [3.8, 4) is 5.75 Å². The number of nitrogens with two attached hydrogens (primary N) is 1. The first kappa shape index (κ1) is 22.3. The highest BCUT2D eigenvalue weighted by molar-refractivity contribution is 5.95. The molecule has 0 unspecified atom stereocenters. The molecule has 0 aliphatic rings. The maximum atomic E-state index is 12.6. The number of carbonyl (C=O) groups excluding carboxylic acids is 2. The normalized spacial score (nSPS) is 11.5. The number of methoxy groups -OCH3 is 1. The van der Waals surface area contributed by atoms with Crippen LogP contribution in [-0.4, -0.2) is 41.2 Å². The molecule has 150 valence electrons. The number of nitrogens with zero attached hydrogens (tertiary/aromatic N) is 1. The van der Waals surface area contributed by atoms with Crippen LogP contribution in [-0.2, 0) is 16.0 Å². The summed E-state index contributed by atoms with van der Waals surface area (Å²) in [6, 6.07) is 4.82. The van der Waals surface area contributed by atoms with Crippen LogP contribution in [0.3, 0.4) is 0 Å². The van der Waals surface area contributed by atoms with Crippen molar-refractivity contribution in [3.05, 3.63) is 29.3 Å². The molecule has 0 radical (unpaired) electrons. The van der Waals surface area contributed by atoms with E-state index in [-0.39, 0.29) is 12.4 Å². The van der Waals surface area contributed by atoms with Crippen molar-refractivity contribution in [2.75, 3.05) is 7.11 Å². The zero-order valence-electron chi connectivity index (χ0n) is 17.0. The molecule has 1 rings (SSSR count). The van der Waals surface area contributed by atoms with Gasteiger partial charge in [0.2, 0.25) is 0 Å². The molecule has 3 N–H and O–H groups in total. The summed E-state index contributed by atoms with van der Waals surface area (Å²) >= 11 is 0. The van der Waals surface area contributed by atoms with Gasteiger partial charge < -0.3 is 19.9 Å². The van der Waals surface area contributed by atoms with E-state index in [1.54, 1.807) is 59.7 Å². The van der Waals surface area contributed by atoms with E-state index in [0.29, 0.717) is 16.9 Å². The molecule has 1 aromatic rings. The number of rotatable bonds is 4. The third-order valence-electron chi connectivity index (χ3n) is 3.15. The van der Waals surface area contributed by atoms with Gasteiger partial charge in [0.15, 0.2) is 0 Å². The zero-order chi connectivity index (χ0) is 21.0. The molecule has 1 aromatic carbocycles. The number of hydrogen-bond donors (Lipinski definition) is 2. The largest absolute Gasteiger partial charge is 0.496 e. The lowest BCUT2D eigenvalue weighted by Gasteiger charge is -2.29. The third kappa shape index (κ3) is 7.16. The summed E-state index contributed by atoms with van der Waals surface area (Å²) in [5.41, 5.74) is 4.95. The van der Waals surface area contributed by atoms with Crippen molar-refractivity contribution in [2.45, 2.75) is 59.3 Å². The zero-order valence-corrected chi connectivity index (χ0v) is 17.0. The van der Waals surface area contributed by atoms with Gasteiger partial charge in [-0.2, -0.15) is 0 Å². The molecule has 8 heteroatoms. The van der Waals surface area contributed by atoms with Gasteiger partial charge in [-0.1, -0.05) is 12.1 Å². The Kier molecular flexibility index (Phi) is 6.83. The van der Waals surface area contributed by atoms with Gasteiger partial charge in [0.1, 0.15) is 22.8 Å². The first-order valence-electron chi connectivity index (χ1n) is 8.48. The van der Waals surface area contributed by atoms with Gasteiger partial charge >= 0.3 is 12.2 Å². The molecule has 8 nitrogen and oxygen atoms in total. The SMILES string of the molecule is COc1cc(C(=N)N)ccc1CN(C(=O)OC(C)(C)C)C(=O)OC(C)(C)C. The van der Waals surface area contributed by atoms with Gasteiger partial charge in [0, 0.05) is 11.1 Å². The van der Waals surface area contributed by atoms with Gasteiger partial charge in [0.25, 0.3) is 0 Å². The standard InChI is InChI=1S/C19H29N3O5/c1-18(2,3)26-16(23)22(17(24)27-19(4,5)6)11-13-9-8-12(15(20)21)10-14(13)25-7/h8-10H,11H2,1-7H3,(H3,20,21). The summed E-state index contributed by atoms with van der Waals surface area (Å²) in [5, 5.41) is 7.52. The Morgan fingerprint density at radius 3 is 1.89 bits per heavy atom. The average molecular weight is 379 g/mol. The van der Waals surface area contributed by atoms with Crippen LogP contribution in [0.4, 0.5) is 9.59 Å². The van der Waals surface area contributed by atoms with Gasteiger partial charge in [-0.3, -0.25) is 5.41 Å². The minimum atomic E-state index is -0.825. The molecule has 0 fully saturated rings. The molecule has 0 aromatic heterocycles. The molecule has 0 saturated carbocycles. The first-order valence-corrected chi connectivity index (χ1v) is 8.48. The van der Waals surface area contributed by atoms with Crippen LogP contribution in [0.15, 0.2) is 18.2 Å². The molecule has 2 amide bonds. The number of amides is 2. The number of benzene rings is 1. The molecule has 0 aliphatic carbocycles. The van der Waals surface area contributed by atoms with Crippen molar-refractivity contribution in [2.24, 2.45) is 5.73 Å². The van der Waals surface area contributed by atoms with Crippen molar-refractivity contribution in [1.82, 2.24) is 4.90 Å². The van der Waals surface area contributed by atoms with E-state index in [2.05, 4.69) is 0 Å². The summed E-state index contributed by atoms with van der Waals surface area (Å²) in [4.78, 5) is 26.0. The van der Waals surface area contributed by atoms with Crippen LogP contribution in [0.2, 0.25) is 0 Å². The predicted octanol–water partition coefficient (Wildman–Crippen LogP) is 3.65. The van der Waals surface area contributed by atoms with Gasteiger partial charge in [0.05, 0.1) is 13.7 Å². The summed E-state index contributed by atoms with van der Waals surface area (Å²) in [6.07, 6.45) is -1.65. The van der Waals surface area contributed by atoms with E-state index in [1.807, 2.05) is 0 Å². The van der Waals surface area contributed by atoms with Crippen LogP contribution in [0.5, 0.6) is 5.75 Å². The van der Waals surface area contributed by atoms with E-state index in [4.69, 9.17) is 25.4 Å². The van der Waals surface area contributed by atoms with Crippen LogP contribution in [0.1, 0.15) is 52.7 Å². The van der Waals surface area contributed by atoms with Crippen molar-refractivity contribution in [3.63, 3.8) is 0 Å². The van der Waals surface area contributed by atoms with Gasteiger partial charge in [-0.15, -0.1) is 0 Å². The van der Waals surface area contributed by atoms with Gasteiger partial charge in [-0.25, -0.2) is 14.5 Å². The maximum absolute atomic E-state index is 12.6. The lowest BCUT2D eigenvalue weighted by Crippen LogP contribution is -2.43. The molecular weight excluding hydrogens is 350 g/mol. The van der Waals surface area contributed by atoms with Gasteiger partial charge in [-0.05, 0) is 47.6 Å². The first-order chi connectivity index (χ1) is 12.2. The fraction of sp³-hybridized carbons (Fsp3) is 0.526. The molecule has 0 saturated heterocycles. The Balaban J connectivity index is 3.22. The Bertz CT molecular complexity index is 689. The monoisotopic (exact) mass is 379 g/mol. The predicted molar refractivity (Wildman–Crippen MR) is 102 cm³/mol. The van der Waals surface area contributed by atoms with Crippen LogP contribution < -0.4 is 10.5 Å². The van der Waals surface area contributed by atoms with E-state index in [1.165, 1.54) is 7.11 Å². The molecule has 0 aliphatic heterocycles. The fourth-order valence-corrected chi connectivity index (χ4v) is 2.05.